The summed E-state index contributed by atoms with van der Waals surface area (Å²) in [6, 6.07) is 19.9. The molecule has 27 heavy (non-hydrogen) atoms. The highest BCUT2D eigenvalue weighted by Crippen LogP contribution is 2.13. The van der Waals surface area contributed by atoms with Gasteiger partial charge in [-0.3, -0.25) is 4.79 Å². The van der Waals surface area contributed by atoms with Gasteiger partial charge in [-0.2, -0.15) is 0 Å². The molecule has 0 aliphatic rings. The second kappa shape index (κ2) is 8.45. The van der Waals surface area contributed by atoms with Crippen molar-refractivity contribution in [3.05, 3.63) is 88.7 Å². The van der Waals surface area contributed by atoms with E-state index in [-0.39, 0.29) is 5.91 Å². The first-order valence-corrected chi connectivity index (χ1v) is 8.96. The molecule has 0 saturated heterocycles. The molecule has 1 heterocycles. The summed E-state index contributed by atoms with van der Waals surface area (Å²) in [6.45, 7) is 5.06. The number of carbonyl (C=O) groups is 1. The lowest BCUT2D eigenvalue weighted by molar-refractivity contribution is 0.0945. The third kappa shape index (κ3) is 5.14. The van der Waals surface area contributed by atoms with E-state index in [0.29, 0.717) is 24.7 Å². The standard InChI is InChI=1S/C22H24N4O/c1-16-9-11-18(12-10-16)14-23-21(27)20-13-17(2)24-22(25-20)26(3)15-19-7-5-4-6-8-19/h4-13H,14-15H2,1-3H3,(H,23,27). The van der Waals surface area contributed by atoms with Gasteiger partial charge in [-0.1, -0.05) is 60.2 Å². The number of anilines is 1. The monoisotopic (exact) mass is 360 g/mol. The predicted molar refractivity (Wildman–Crippen MR) is 108 cm³/mol. The van der Waals surface area contributed by atoms with Crippen molar-refractivity contribution in [1.82, 2.24) is 15.3 Å². The highest BCUT2D eigenvalue weighted by atomic mass is 16.1. The lowest BCUT2D eigenvalue weighted by Crippen LogP contribution is -2.26. The molecule has 5 heteroatoms. The second-order valence-electron chi connectivity index (χ2n) is 6.70. The van der Waals surface area contributed by atoms with Crippen molar-refractivity contribution < 1.29 is 4.79 Å². The lowest BCUT2D eigenvalue weighted by Gasteiger charge is -2.18. The second-order valence-corrected chi connectivity index (χ2v) is 6.70. The van der Waals surface area contributed by atoms with Crippen molar-refractivity contribution in [2.45, 2.75) is 26.9 Å². The van der Waals surface area contributed by atoms with Crippen LogP contribution in [-0.2, 0) is 13.1 Å². The van der Waals surface area contributed by atoms with Gasteiger partial charge in [0.25, 0.3) is 5.91 Å². The van der Waals surface area contributed by atoms with Crippen molar-refractivity contribution in [1.29, 1.82) is 0 Å². The zero-order valence-corrected chi connectivity index (χ0v) is 15.9. The van der Waals surface area contributed by atoms with Gasteiger partial charge in [0.1, 0.15) is 5.69 Å². The van der Waals surface area contributed by atoms with Crippen molar-refractivity contribution in [3.63, 3.8) is 0 Å². The maximum absolute atomic E-state index is 12.6. The van der Waals surface area contributed by atoms with Crippen LogP contribution in [0.5, 0.6) is 0 Å². The van der Waals surface area contributed by atoms with E-state index in [1.807, 2.05) is 68.3 Å². The SMILES string of the molecule is Cc1ccc(CNC(=O)c2cc(C)nc(N(C)Cc3ccccc3)n2)cc1. The summed E-state index contributed by atoms with van der Waals surface area (Å²) in [5.41, 5.74) is 4.56. The molecule has 5 nitrogen and oxygen atoms in total. The summed E-state index contributed by atoms with van der Waals surface area (Å²) < 4.78 is 0. The Morgan fingerprint density at radius 2 is 1.67 bits per heavy atom. The molecular weight excluding hydrogens is 336 g/mol. The Kier molecular flexibility index (Phi) is 5.81. The van der Waals surface area contributed by atoms with E-state index < -0.39 is 0 Å². The first-order valence-electron chi connectivity index (χ1n) is 8.96. The van der Waals surface area contributed by atoms with Crippen LogP contribution in [0.15, 0.2) is 60.7 Å². The third-order valence-electron chi connectivity index (χ3n) is 4.25. The first-order chi connectivity index (χ1) is 13.0. The molecule has 1 N–H and O–H groups in total. The van der Waals surface area contributed by atoms with Gasteiger partial charge in [0.2, 0.25) is 5.95 Å². The van der Waals surface area contributed by atoms with Gasteiger partial charge in [0.15, 0.2) is 0 Å². The molecule has 0 aliphatic carbocycles. The number of rotatable bonds is 6. The fourth-order valence-electron chi connectivity index (χ4n) is 2.75. The fraction of sp³-hybridized carbons (Fsp3) is 0.227. The molecule has 0 spiro atoms. The number of amides is 1. The molecule has 138 valence electrons. The quantitative estimate of drug-likeness (QED) is 0.729. The van der Waals surface area contributed by atoms with E-state index in [1.54, 1.807) is 6.07 Å². The van der Waals surface area contributed by atoms with Crippen LogP contribution in [0.4, 0.5) is 5.95 Å². The van der Waals surface area contributed by atoms with Gasteiger partial charge in [0, 0.05) is 25.8 Å². The fourth-order valence-corrected chi connectivity index (χ4v) is 2.75. The van der Waals surface area contributed by atoms with E-state index in [1.165, 1.54) is 5.56 Å². The average Bonchev–Trinajstić information content (AvgIpc) is 2.67. The van der Waals surface area contributed by atoms with Crippen molar-refractivity contribution in [2.75, 3.05) is 11.9 Å². The molecule has 0 aliphatic heterocycles. The number of nitrogens with one attached hydrogen (secondary N) is 1. The largest absolute Gasteiger partial charge is 0.347 e. The number of nitrogens with zero attached hydrogens (tertiary/aromatic N) is 3. The van der Waals surface area contributed by atoms with Crippen molar-refractivity contribution in [2.24, 2.45) is 0 Å². The molecule has 1 amide bonds. The number of carbonyl (C=O) groups excluding carboxylic acids is 1. The lowest BCUT2D eigenvalue weighted by atomic mass is 10.1. The molecule has 2 aromatic carbocycles. The predicted octanol–water partition coefficient (Wildman–Crippen LogP) is 3.66. The van der Waals surface area contributed by atoms with Crippen LogP contribution < -0.4 is 10.2 Å². The molecule has 0 radical (unpaired) electrons. The van der Waals surface area contributed by atoms with Crippen molar-refractivity contribution >= 4 is 11.9 Å². The minimum atomic E-state index is -0.199. The summed E-state index contributed by atoms with van der Waals surface area (Å²) in [4.78, 5) is 23.4. The summed E-state index contributed by atoms with van der Waals surface area (Å²) >= 11 is 0. The molecule has 3 rings (SSSR count). The number of hydrogen-bond acceptors (Lipinski definition) is 4. The Morgan fingerprint density at radius 1 is 0.963 bits per heavy atom. The summed E-state index contributed by atoms with van der Waals surface area (Å²) in [5.74, 6) is 0.342. The van der Waals surface area contributed by atoms with Gasteiger partial charge < -0.3 is 10.2 Å². The maximum Gasteiger partial charge on any atom is 0.270 e. The molecule has 0 bridgehead atoms. The Morgan fingerprint density at radius 3 is 2.37 bits per heavy atom. The Bertz CT molecular complexity index is 907. The molecule has 0 atom stereocenters. The van der Waals surface area contributed by atoms with E-state index in [2.05, 4.69) is 27.4 Å². The van der Waals surface area contributed by atoms with Gasteiger partial charge in [0.05, 0.1) is 0 Å². The highest BCUT2D eigenvalue weighted by molar-refractivity contribution is 5.92. The summed E-state index contributed by atoms with van der Waals surface area (Å²) in [7, 11) is 1.93. The van der Waals surface area contributed by atoms with Crippen LogP contribution in [0.3, 0.4) is 0 Å². The highest BCUT2D eigenvalue weighted by Gasteiger charge is 2.13. The van der Waals surface area contributed by atoms with Gasteiger partial charge in [-0.05, 0) is 31.0 Å². The molecule has 3 aromatic rings. The topological polar surface area (TPSA) is 58.1 Å². The summed E-state index contributed by atoms with van der Waals surface area (Å²) in [5, 5.41) is 2.93. The van der Waals surface area contributed by atoms with Crippen LogP contribution in [-0.4, -0.2) is 22.9 Å². The molecule has 0 saturated carbocycles. The Hall–Kier alpha value is -3.21. The number of aromatic nitrogens is 2. The molecule has 1 aromatic heterocycles. The van der Waals surface area contributed by atoms with Crippen LogP contribution >= 0.6 is 0 Å². The van der Waals surface area contributed by atoms with Gasteiger partial charge in [-0.15, -0.1) is 0 Å². The zero-order chi connectivity index (χ0) is 19.2. The normalized spacial score (nSPS) is 10.5. The molecule has 0 unspecified atom stereocenters. The minimum absolute atomic E-state index is 0.199. The van der Waals surface area contributed by atoms with Crippen LogP contribution in [0.25, 0.3) is 0 Å². The van der Waals surface area contributed by atoms with E-state index in [4.69, 9.17) is 0 Å². The molecular formula is C22H24N4O. The number of benzene rings is 2. The van der Waals surface area contributed by atoms with Gasteiger partial charge in [-0.25, -0.2) is 9.97 Å². The third-order valence-corrected chi connectivity index (χ3v) is 4.25. The van der Waals surface area contributed by atoms with E-state index >= 15 is 0 Å². The Balaban J connectivity index is 1.70. The number of aryl methyl sites for hydroxylation is 2. The van der Waals surface area contributed by atoms with E-state index in [0.717, 1.165) is 16.8 Å². The van der Waals surface area contributed by atoms with Crippen LogP contribution in [0.1, 0.15) is 32.9 Å². The van der Waals surface area contributed by atoms with Crippen molar-refractivity contribution in [3.8, 4) is 0 Å². The van der Waals surface area contributed by atoms with Crippen LogP contribution in [0.2, 0.25) is 0 Å². The maximum atomic E-state index is 12.6. The van der Waals surface area contributed by atoms with Crippen LogP contribution in [0, 0.1) is 13.8 Å². The molecule has 0 fully saturated rings. The smallest absolute Gasteiger partial charge is 0.270 e. The van der Waals surface area contributed by atoms with E-state index in [9.17, 15) is 4.79 Å². The first kappa shape index (κ1) is 18.6. The zero-order valence-electron chi connectivity index (χ0n) is 15.9. The summed E-state index contributed by atoms with van der Waals surface area (Å²) in [6.07, 6.45) is 0. The minimum Gasteiger partial charge on any atom is -0.347 e. The Labute approximate surface area is 160 Å². The average molecular weight is 360 g/mol. The van der Waals surface area contributed by atoms with Gasteiger partial charge >= 0.3 is 0 Å². The number of hydrogen-bond donors (Lipinski definition) is 1.